The van der Waals surface area contributed by atoms with Crippen molar-refractivity contribution in [2.45, 2.75) is 20.8 Å². The first-order valence-electron chi connectivity index (χ1n) is 11.2. The lowest BCUT2D eigenvalue weighted by atomic mass is 9.99. The van der Waals surface area contributed by atoms with Crippen LogP contribution in [0.25, 0.3) is 6.08 Å². The van der Waals surface area contributed by atoms with Crippen LogP contribution in [0, 0.1) is 6.92 Å². The Labute approximate surface area is 206 Å². The molecule has 0 saturated carbocycles. The van der Waals surface area contributed by atoms with Gasteiger partial charge in [-0.05, 0) is 56.2 Å². The molecule has 0 aliphatic heterocycles. The molecule has 7 heteroatoms. The van der Waals surface area contributed by atoms with Gasteiger partial charge in [-0.25, -0.2) is 0 Å². The number of halogens is 1. The van der Waals surface area contributed by atoms with E-state index in [1.165, 1.54) is 0 Å². The second-order valence-electron chi connectivity index (χ2n) is 7.58. The van der Waals surface area contributed by atoms with E-state index >= 15 is 0 Å². The predicted molar refractivity (Wildman–Crippen MR) is 141 cm³/mol. The fourth-order valence-corrected chi connectivity index (χ4v) is 5.21. The molecule has 0 atom stereocenters. The Kier molecular flexibility index (Phi) is 9.26. The largest absolute Gasteiger partial charge is 0.355 e. The van der Waals surface area contributed by atoms with E-state index in [0.717, 1.165) is 22.5 Å². The molecule has 0 aliphatic rings. The minimum absolute atomic E-state index is 0.106. The molecular weight excluding hydrogens is 469 g/mol. The van der Waals surface area contributed by atoms with E-state index in [-0.39, 0.29) is 11.9 Å². The highest BCUT2D eigenvalue weighted by molar-refractivity contribution is 7.54. The first-order valence-corrected chi connectivity index (χ1v) is 13.3. The molecule has 3 rings (SSSR count). The maximum absolute atomic E-state index is 12.9. The summed E-state index contributed by atoms with van der Waals surface area (Å²) < 4.78 is 23.4. The molecule has 0 amide bonds. The third-order valence-corrected chi connectivity index (χ3v) is 7.40. The monoisotopic (exact) mass is 497 g/mol. The van der Waals surface area contributed by atoms with Gasteiger partial charge in [0.15, 0.2) is 5.78 Å². The van der Waals surface area contributed by atoms with Crippen LogP contribution in [-0.4, -0.2) is 25.2 Å². The maximum Gasteiger partial charge on any atom is 0.334 e. The number of benzene rings is 3. The number of carbonyl (C=O) groups excluding carboxylic acids is 1. The quantitative estimate of drug-likeness (QED) is 0.215. The van der Waals surface area contributed by atoms with Crippen LogP contribution < -0.4 is 5.32 Å². The lowest BCUT2D eigenvalue weighted by Gasteiger charge is -2.15. The normalized spacial score (nSPS) is 11.6. The third-order valence-electron chi connectivity index (χ3n) is 5.12. The Balaban J connectivity index is 1.78. The Morgan fingerprint density at radius 1 is 0.971 bits per heavy atom. The van der Waals surface area contributed by atoms with E-state index < -0.39 is 7.60 Å². The number of carbonyl (C=O) groups is 1. The Morgan fingerprint density at radius 3 is 2.32 bits per heavy atom. The minimum Gasteiger partial charge on any atom is -0.355 e. The molecule has 34 heavy (non-hydrogen) atoms. The van der Waals surface area contributed by atoms with Crippen LogP contribution in [0.5, 0.6) is 0 Å². The predicted octanol–water partition coefficient (Wildman–Crippen LogP) is 7.90. The van der Waals surface area contributed by atoms with Crippen molar-refractivity contribution < 1.29 is 18.4 Å². The summed E-state index contributed by atoms with van der Waals surface area (Å²) in [4.78, 5) is 12.9. The number of allylic oxidation sites excluding steroid dienone is 1. The maximum atomic E-state index is 12.9. The molecule has 0 fully saturated rings. The van der Waals surface area contributed by atoms with E-state index in [9.17, 15) is 9.36 Å². The van der Waals surface area contributed by atoms with Gasteiger partial charge < -0.3 is 14.4 Å². The van der Waals surface area contributed by atoms with Gasteiger partial charge in [0, 0.05) is 22.5 Å². The standard InChI is InChI=1S/C27H29ClNO4P/c1-4-32-34(31,33-5-2)18-10-13-21-12-7-9-15-26(21)29-22-16-17-24(25(28)19-22)27(30)23-14-8-6-11-20(23)3/h6-17,19,29H,4-5,18H2,1-3H3/b13-10+. The molecule has 0 radical (unpaired) electrons. The molecule has 0 aromatic heterocycles. The van der Waals surface area contributed by atoms with Gasteiger partial charge in [0.2, 0.25) is 0 Å². The summed E-state index contributed by atoms with van der Waals surface area (Å²) >= 11 is 6.49. The fraction of sp³-hybridized carbons (Fsp3) is 0.222. The van der Waals surface area contributed by atoms with Gasteiger partial charge in [-0.3, -0.25) is 9.36 Å². The molecule has 0 bridgehead atoms. The molecule has 5 nitrogen and oxygen atoms in total. The van der Waals surface area contributed by atoms with E-state index in [0.29, 0.717) is 29.4 Å². The van der Waals surface area contributed by atoms with Crippen molar-refractivity contribution in [3.8, 4) is 0 Å². The van der Waals surface area contributed by atoms with Crippen molar-refractivity contribution in [2.24, 2.45) is 0 Å². The summed E-state index contributed by atoms with van der Waals surface area (Å²) in [5.74, 6) is -0.106. The second-order valence-corrected chi connectivity index (χ2v) is 10.1. The smallest absolute Gasteiger partial charge is 0.334 e. The van der Waals surface area contributed by atoms with Crippen LogP contribution in [0.1, 0.15) is 40.9 Å². The van der Waals surface area contributed by atoms with Gasteiger partial charge in [-0.1, -0.05) is 66.2 Å². The Bertz CT molecular complexity index is 1210. The summed E-state index contributed by atoms with van der Waals surface area (Å²) in [6.07, 6.45) is 3.86. The van der Waals surface area contributed by atoms with Gasteiger partial charge in [0.25, 0.3) is 0 Å². The second kappa shape index (κ2) is 12.1. The van der Waals surface area contributed by atoms with Crippen molar-refractivity contribution in [2.75, 3.05) is 24.7 Å². The fourth-order valence-electron chi connectivity index (χ4n) is 3.51. The molecule has 0 spiro atoms. The summed E-state index contributed by atoms with van der Waals surface area (Å²) in [6, 6.07) is 20.5. The molecule has 3 aromatic rings. The molecule has 178 valence electrons. The number of para-hydroxylation sites is 1. The van der Waals surface area contributed by atoms with Crippen LogP contribution in [0.4, 0.5) is 11.4 Å². The Morgan fingerprint density at radius 2 is 1.65 bits per heavy atom. The van der Waals surface area contributed by atoms with Crippen molar-refractivity contribution in [1.29, 1.82) is 0 Å². The summed E-state index contributed by atoms with van der Waals surface area (Å²) in [6.45, 7) is 6.14. The summed E-state index contributed by atoms with van der Waals surface area (Å²) in [7, 11) is -3.15. The van der Waals surface area contributed by atoms with E-state index in [2.05, 4.69) is 5.32 Å². The zero-order chi connectivity index (χ0) is 24.6. The average molecular weight is 498 g/mol. The molecule has 0 aliphatic carbocycles. The Hall–Kier alpha value is -2.69. The van der Waals surface area contributed by atoms with E-state index in [1.54, 1.807) is 38.1 Å². The molecule has 3 aromatic carbocycles. The van der Waals surface area contributed by atoms with Crippen LogP contribution in [0.3, 0.4) is 0 Å². The van der Waals surface area contributed by atoms with Crippen molar-refractivity contribution in [3.05, 3.63) is 100 Å². The topological polar surface area (TPSA) is 64.6 Å². The number of ketones is 1. The lowest BCUT2D eigenvalue weighted by Crippen LogP contribution is -2.05. The van der Waals surface area contributed by atoms with Crippen molar-refractivity contribution >= 4 is 42.4 Å². The van der Waals surface area contributed by atoms with Gasteiger partial charge in [0.1, 0.15) is 0 Å². The SMILES string of the molecule is CCOP(=O)(C/C=C/c1ccccc1Nc1ccc(C(=O)c2ccccc2C)c(Cl)c1)OCC. The van der Waals surface area contributed by atoms with Gasteiger partial charge in [-0.15, -0.1) is 0 Å². The van der Waals surface area contributed by atoms with Crippen molar-refractivity contribution in [1.82, 2.24) is 0 Å². The summed E-state index contributed by atoms with van der Waals surface area (Å²) in [5, 5.41) is 3.73. The van der Waals surface area contributed by atoms with Crippen LogP contribution >= 0.6 is 19.2 Å². The number of rotatable bonds is 11. The highest BCUT2D eigenvalue weighted by atomic mass is 35.5. The average Bonchev–Trinajstić information content (AvgIpc) is 2.80. The molecule has 0 heterocycles. The van der Waals surface area contributed by atoms with Crippen LogP contribution in [0.2, 0.25) is 5.02 Å². The third kappa shape index (κ3) is 6.68. The molecular formula is C27H29ClNO4P. The molecule has 0 unspecified atom stereocenters. The zero-order valence-electron chi connectivity index (χ0n) is 19.6. The summed E-state index contributed by atoms with van der Waals surface area (Å²) in [5.41, 5.74) is 4.49. The molecule has 1 N–H and O–H groups in total. The number of aryl methyl sites for hydroxylation is 1. The van der Waals surface area contributed by atoms with Gasteiger partial charge in [-0.2, -0.15) is 0 Å². The lowest BCUT2D eigenvalue weighted by molar-refractivity contribution is 0.103. The first-order chi connectivity index (χ1) is 16.4. The number of hydrogen-bond acceptors (Lipinski definition) is 5. The minimum atomic E-state index is -3.15. The van der Waals surface area contributed by atoms with E-state index in [4.69, 9.17) is 20.6 Å². The van der Waals surface area contributed by atoms with Crippen LogP contribution in [-0.2, 0) is 13.6 Å². The first kappa shape index (κ1) is 25.9. The van der Waals surface area contributed by atoms with Gasteiger partial charge in [0.05, 0.1) is 24.4 Å². The van der Waals surface area contributed by atoms with E-state index in [1.807, 2.05) is 61.5 Å². The van der Waals surface area contributed by atoms with Crippen molar-refractivity contribution in [3.63, 3.8) is 0 Å². The number of hydrogen-bond donors (Lipinski definition) is 1. The zero-order valence-corrected chi connectivity index (χ0v) is 21.2. The molecule has 0 saturated heterocycles. The number of nitrogens with one attached hydrogen (secondary N) is 1. The highest BCUT2D eigenvalue weighted by Crippen LogP contribution is 2.48. The number of anilines is 2. The highest BCUT2D eigenvalue weighted by Gasteiger charge is 2.21. The van der Waals surface area contributed by atoms with Gasteiger partial charge >= 0.3 is 7.60 Å². The van der Waals surface area contributed by atoms with Crippen LogP contribution in [0.15, 0.2) is 72.8 Å².